The van der Waals surface area contributed by atoms with Crippen molar-refractivity contribution < 1.29 is 4.79 Å². The molecule has 0 saturated heterocycles. The molecule has 0 aliphatic heterocycles. The molecular formula is C17H15Cl2N5O. The molecule has 0 aliphatic carbocycles. The summed E-state index contributed by atoms with van der Waals surface area (Å²) in [6, 6.07) is 14.3. The average Bonchev–Trinajstić information content (AvgIpc) is 3.03. The highest BCUT2D eigenvalue weighted by molar-refractivity contribution is 6.35. The number of hydrogen-bond acceptors (Lipinski definition) is 4. The van der Waals surface area contributed by atoms with E-state index in [2.05, 4.69) is 20.7 Å². The van der Waals surface area contributed by atoms with Crippen molar-refractivity contribution in [3.05, 3.63) is 64.1 Å². The number of halogens is 2. The lowest BCUT2D eigenvalue weighted by Gasteiger charge is -2.15. The first-order valence-electron chi connectivity index (χ1n) is 7.60. The Morgan fingerprint density at radius 3 is 2.68 bits per heavy atom. The maximum atomic E-state index is 12.2. The third-order valence-corrected chi connectivity index (χ3v) is 4.14. The molecule has 3 rings (SSSR count). The number of hydrogen-bond donors (Lipinski definition) is 1. The van der Waals surface area contributed by atoms with Crippen LogP contribution in [0.1, 0.15) is 18.5 Å². The minimum atomic E-state index is -0.269. The van der Waals surface area contributed by atoms with Crippen LogP contribution in [0.2, 0.25) is 10.0 Å². The fourth-order valence-corrected chi connectivity index (χ4v) is 2.93. The van der Waals surface area contributed by atoms with Gasteiger partial charge in [-0.2, -0.15) is 4.80 Å². The van der Waals surface area contributed by atoms with Crippen LogP contribution in [0.5, 0.6) is 0 Å². The standard InChI is InChI=1S/C17H15Cl2N5O/c1-11(14-8-7-13(18)9-15(14)19)20-16(25)10-24-22-17(21-23-24)12-5-3-2-4-6-12/h2-9,11H,10H2,1H3,(H,20,25)/t11-/m0/s1. The van der Waals surface area contributed by atoms with Crippen molar-refractivity contribution in [2.75, 3.05) is 0 Å². The predicted molar refractivity (Wildman–Crippen MR) is 96.3 cm³/mol. The fraction of sp³-hybridized carbons (Fsp3) is 0.176. The monoisotopic (exact) mass is 375 g/mol. The van der Waals surface area contributed by atoms with Gasteiger partial charge in [-0.1, -0.05) is 59.6 Å². The number of carbonyl (C=O) groups excluding carboxylic acids is 1. The van der Waals surface area contributed by atoms with E-state index in [0.29, 0.717) is 15.9 Å². The average molecular weight is 376 g/mol. The number of nitrogens with zero attached hydrogens (tertiary/aromatic N) is 4. The van der Waals surface area contributed by atoms with Crippen LogP contribution in [-0.2, 0) is 11.3 Å². The van der Waals surface area contributed by atoms with Gasteiger partial charge in [0, 0.05) is 15.6 Å². The molecule has 0 fully saturated rings. The lowest BCUT2D eigenvalue weighted by Crippen LogP contribution is -2.31. The largest absolute Gasteiger partial charge is 0.348 e. The zero-order chi connectivity index (χ0) is 17.8. The molecule has 2 aromatic carbocycles. The van der Waals surface area contributed by atoms with E-state index in [1.165, 1.54) is 4.80 Å². The van der Waals surface area contributed by atoms with Gasteiger partial charge in [0.15, 0.2) is 0 Å². The van der Waals surface area contributed by atoms with E-state index in [1.54, 1.807) is 18.2 Å². The van der Waals surface area contributed by atoms with Gasteiger partial charge in [0.05, 0.1) is 6.04 Å². The maximum absolute atomic E-state index is 12.2. The molecule has 0 aliphatic rings. The van der Waals surface area contributed by atoms with Crippen LogP contribution in [0.15, 0.2) is 48.5 Å². The van der Waals surface area contributed by atoms with Crippen molar-refractivity contribution in [2.45, 2.75) is 19.5 Å². The summed E-state index contributed by atoms with van der Waals surface area (Å²) in [4.78, 5) is 13.5. The summed E-state index contributed by atoms with van der Waals surface area (Å²) in [5.74, 6) is 0.234. The lowest BCUT2D eigenvalue weighted by molar-refractivity contribution is -0.122. The smallest absolute Gasteiger partial charge is 0.244 e. The molecule has 0 radical (unpaired) electrons. The van der Waals surface area contributed by atoms with Gasteiger partial charge < -0.3 is 5.32 Å². The Labute approximate surface area is 154 Å². The van der Waals surface area contributed by atoms with Gasteiger partial charge in [0.2, 0.25) is 11.7 Å². The number of benzene rings is 2. The van der Waals surface area contributed by atoms with E-state index in [-0.39, 0.29) is 18.5 Å². The van der Waals surface area contributed by atoms with E-state index in [0.717, 1.165) is 11.1 Å². The summed E-state index contributed by atoms with van der Waals surface area (Å²) < 4.78 is 0. The number of nitrogens with one attached hydrogen (secondary N) is 1. The number of carbonyl (C=O) groups is 1. The Balaban J connectivity index is 1.64. The van der Waals surface area contributed by atoms with E-state index in [4.69, 9.17) is 23.2 Å². The van der Waals surface area contributed by atoms with Crippen molar-refractivity contribution in [2.24, 2.45) is 0 Å². The highest BCUT2D eigenvalue weighted by atomic mass is 35.5. The van der Waals surface area contributed by atoms with Gasteiger partial charge in [0.1, 0.15) is 6.54 Å². The molecular weight excluding hydrogens is 361 g/mol. The molecule has 3 aromatic rings. The first kappa shape index (κ1) is 17.4. The van der Waals surface area contributed by atoms with Crippen molar-refractivity contribution in [1.29, 1.82) is 0 Å². The highest BCUT2D eigenvalue weighted by Crippen LogP contribution is 2.26. The summed E-state index contributed by atoms with van der Waals surface area (Å²) in [6.45, 7) is 1.81. The molecule has 1 N–H and O–H groups in total. The molecule has 6 nitrogen and oxygen atoms in total. The Bertz CT molecular complexity index is 882. The van der Waals surface area contributed by atoms with Crippen LogP contribution in [0.3, 0.4) is 0 Å². The molecule has 0 unspecified atom stereocenters. The van der Waals surface area contributed by atoms with Gasteiger partial charge >= 0.3 is 0 Å². The van der Waals surface area contributed by atoms with Crippen LogP contribution in [0.4, 0.5) is 0 Å². The van der Waals surface area contributed by atoms with Gasteiger partial charge in [0.25, 0.3) is 0 Å². The Morgan fingerprint density at radius 1 is 1.20 bits per heavy atom. The SMILES string of the molecule is C[C@H](NC(=O)Cn1nnc(-c2ccccc2)n1)c1ccc(Cl)cc1Cl. The lowest BCUT2D eigenvalue weighted by atomic mass is 10.1. The molecule has 1 heterocycles. The molecule has 128 valence electrons. The summed E-state index contributed by atoms with van der Waals surface area (Å²) in [6.07, 6.45) is 0. The first-order chi connectivity index (χ1) is 12.0. The minimum absolute atomic E-state index is 0.0324. The summed E-state index contributed by atoms with van der Waals surface area (Å²) in [7, 11) is 0. The number of amides is 1. The fourth-order valence-electron chi connectivity index (χ4n) is 2.36. The minimum Gasteiger partial charge on any atom is -0.348 e. The van der Waals surface area contributed by atoms with Crippen LogP contribution >= 0.6 is 23.2 Å². The van der Waals surface area contributed by atoms with Crippen molar-refractivity contribution in [3.63, 3.8) is 0 Å². The summed E-state index contributed by atoms with van der Waals surface area (Å²) in [5.41, 5.74) is 1.63. The third kappa shape index (κ3) is 4.35. The summed E-state index contributed by atoms with van der Waals surface area (Å²) >= 11 is 12.1. The quantitative estimate of drug-likeness (QED) is 0.740. The molecule has 0 saturated carbocycles. The van der Waals surface area contributed by atoms with Gasteiger partial charge in [-0.15, -0.1) is 10.2 Å². The Morgan fingerprint density at radius 2 is 1.96 bits per heavy atom. The molecule has 0 spiro atoms. The van der Waals surface area contributed by atoms with Gasteiger partial charge in [-0.3, -0.25) is 4.79 Å². The predicted octanol–water partition coefficient (Wildman–Crippen LogP) is 3.52. The molecule has 1 atom stereocenters. The normalized spacial score (nSPS) is 12.0. The molecule has 1 aromatic heterocycles. The molecule has 0 bridgehead atoms. The van der Waals surface area contributed by atoms with E-state index in [1.807, 2.05) is 37.3 Å². The van der Waals surface area contributed by atoms with Crippen LogP contribution in [0, 0.1) is 0 Å². The maximum Gasteiger partial charge on any atom is 0.244 e. The number of rotatable bonds is 5. The van der Waals surface area contributed by atoms with Crippen molar-refractivity contribution in [1.82, 2.24) is 25.5 Å². The second kappa shape index (κ2) is 7.63. The summed E-state index contributed by atoms with van der Waals surface area (Å²) in [5, 5.41) is 16.0. The second-order valence-electron chi connectivity index (χ2n) is 5.46. The van der Waals surface area contributed by atoms with Crippen molar-refractivity contribution in [3.8, 4) is 11.4 Å². The highest BCUT2D eigenvalue weighted by Gasteiger charge is 2.15. The van der Waals surface area contributed by atoms with Gasteiger partial charge in [-0.05, 0) is 29.8 Å². The van der Waals surface area contributed by atoms with Crippen LogP contribution < -0.4 is 5.32 Å². The van der Waals surface area contributed by atoms with E-state index < -0.39 is 0 Å². The molecule has 1 amide bonds. The molecule has 25 heavy (non-hydrogen) atoms. The van der Waals surface area contributed by atoms with Gasteiger partial charge in [-0.25, -0.2) is 0 Å². The second-order valence-corrected chi connectivity index (χ2v) is 6.31. The van der Waals surface area contributed by atoms with Crippen LogP contribution in [-0.4, -0.2) is 26.1 Å². The Kier molecular flexibility index (Phi) is 5.31. The molecule has 8 heteroatoms. The number of aromatic nitrogens is 4. The van der Waals surface area contributed by atoms with Crippen LogP contribution in [0.25, 0.3) is 11.4 Å². The van der Waals surface area contributed by atoms with E-state index in [9.17, 15) is 4.79 Å². The zero-order valence-electron chi connectivity index (χ0n) is 13.4. The number of tetrazole rings is 1. The topological polar surface area (TPSA) is 72.7 Å². The van der Waals surface area contributed by atoms with E-state index >= 15 is 0 Å². The Hall–Kier alpha value is -2.44. The zero-order valence-corrected chi connectivity index (χ0v) is 14.9. The van der Waals surface area contributed by atoms with Crippen molar-refractivity contribution >= 4 is 29.1 Å². The third-order valence-electron chi connectivity index (χ3n) is 3.58. The first-order valence-corrected chi connectivity index (χ1v) is 8.36.